The van der Waals surface area contributed by atoms with Gasteiger partial charge in [-0.15, -0.1) is 0 Å². The van der Waals surface area contributed by atoms with E-state index >= 15 is 0 Å². The van der Waals surface area contributed by atoms with Gasteiger partial charge in [0.2, 0.25) is 5.91 Å². The maximum atomic E-state index is 14.1. The first-order valence-corrected chi connectivity index (χ1v) is 11.3. The third-order valence-electron chi connectivity index (χ3n) is 6.64. The summed E-state index contributed by atoms with van der Waals surface area (Å²) in [6.07, 6.45) is -0.645. The fraction of sp³-hybridized carbons (Fsp3) is 0.905. The number of halogens is 3. The number of hydrogen-bond acceptors (Lipinski definition) is 4. The lowest BCUT2D eigenvalue weighted by Crippen LogP contribution is -2.48. The van der Waals surface area contributed by atoms with Crippen molar-refractivity contribution in [2.24, 2.45) is 22.7 Å². The van der Waals surface area contributed by atoms with E-state index in [1.165, 1.54) is 0 Å². The highest BCUT2D eigenvalue weighted by atomic mass is 19.2. The average molecular weight is 432 g/mol. The molecule has 2 aliphatic carbocycles. The second-order valence-electron chi connectivity index (χ2n) is 9.52. The SMILES string of the molecule is CC(C)N/C(=N\C1CC(C2CCC(C)C(F)C2)NN1)NC(=O)C1CCC(F)C(F)C1. The van der Waals surface area contributed by atoms with E-state index in [2.05, 4.69) is 26.5 Å². The predicted octanol–water partition coefficient (Wildman–Crippen LogP) is 2.90. The van der Waals surface area contributed by atoms with E-state index in [1.807, 2.05) is 20.8 Å². The molecule has 0 aromatic heterocycles. The van der Waals surface area contributed by atoms with Gasteiger partial charge in [0.1, 0.15) is 24.7 Å². The molecular formula is C21H36F3N5O. The summed E-state index contributed by atoms with van der Waals surface area (Å²) in [6.45, 7) is 5.83. The van der Waals surface area contributed by atoms with Gasteiger partial charge in [0.05, 0.1) is 0 Å². The summed E-state index contributed by atoms with van der Waals surface area (Å²) in [6, 6.07) is 0.171. The number of guanidine groups is 1. The molecule has 0 bridgehead atoms. The first-order chi connectivity index (χ1) is 14.2. The van der Waals surface area contributed by atoms with Crippen LogP contribution in [0, 0.1) is 17.8 Å². The van der Waals surface area contributed by atoms with Gasteiger partial charge in [-0.3, -0.25) is 15.5 Å². The summed E-state index contributed by atoms with van der Waals surface area (Å²) in [5.74, 6) is -0.177. The molecule has 1 amide bonds. The maximum Gasteiger partial charge on any atom is 0.229 e. The molecule has 8 unspecified atom stereocenters. The molecule has 1 saturated heterocycles. The van der Waals surface area contributed by atoms with Crippen molar-refractivity contribution in [1.29, 1.82) is 0 Å². The van der Waals surface area contributed by atoms with Crippen LogP contribution in [0.2, 0.25) is 0 Å². The molecule has 3 rings (SSSR count). The van der Waals surface area contributed by atoms with Crippen molar-refractivity contribution in [1.82, 2.24) is 21.5 Å². The molecule has 8 atom stereocenters. The van der Waals surface area contributed by atoms with Crippen LogP contribution in [0.25, 0.3) is 0 Å². The third kappa shape index (κ3) is 6.09. The standard InChI is InChI=1S/C21H36F3N5O/c1-11(2)25-21(27-20(30)14-6-7-15(22)17(24)9-14)26-19-10-18(28-29-19)13-5-4-12(3)16(23)8-13/h11-19,28-29H,4-10H2,1-3H3,(H2,25,26,27,30). The molecule has 30 heavy (non-hydrogen) atoms. The molecule has 0 spiro atoms. The number of hydrogen-bond donors (Lipinski definition) is 4. The number of hydrazine groups is 1. The topological polar surface area (TPSA) is 77.6 Å². The van der Waals surface area contributed by atoms with E-state index in [0.717, 1.165) is 12.8 Å². The molecule has 6 nitrogen and oxygen atoms in total. The molecule has 3 fully saturated rings. The normalized spacial score (nSPS) is 40.4. The third-order valence-corrected chi connectivity index (χ3v) is 6.64. The van der Waals surface area contributed by atoms with Crippen LogP contribution in [-0.4, -0.2) is 48.6 Å². The average Bonchev–Trinajstić information content (AvgIpc) is 3.14. The summed E-state index contributed by atoms with van der Waals surface area (Å²) in [5, 5.41) is 5.90. The minimum atomic E-state index is -1.59. The second kappa shape index (κ2) is 10.3. The van der Waals surface area contributed by atoms with Gasteiger partial charge in [-0.25, -0.2) is 23.6 Å². The monoisotopic (exact) mass is 431 g/mol. The summed E-state index contributed by atoms with van der Waals surface area (Å²) in [4.78, 5) is 17.2. The molecule has 172 valence electrons. The Morgan fingerprint density at radius 3 is 2.40 bits per heavy atom. The Morgan fingerprint density at radius 2 is 1.73 bits per heavy atom. The van der Waals surface area contributed by atoms with Crippen molar-refractivity contribution in [2.75, 3.05) is 0 Å². The predicted molar refractivity (Wildman–Crippen MR) is 111 cm³/mol. The highest BCUT2D eigenvalue weighted by Crippen LogP contribution is 2.35. The zero-order valence-corrected chi connectivity index (χ0v) is 18.1. The van der Waals surface area contributed by atoms with Crippen molar-refractivity contribution < 1.29 is 18.0 Å². The van der Waals surface area contributed by atoms with E-state index in [1.54, 1.807) is 0 Å². The van der Waals surface area contributed by atoms with E-state index in [-0.39, 0.29) is 48.8 Å². The van der Waals surface area contributed by atoms with Crippen LogP contribution < -0.4 is 21.5 Å². The lowest BCUT2D eigenvalue weighted by molar-refractivity contribution is -0.125. The largest absolute Gasteiger partial charge is 0.354 e. The van der Waals surface area contributed by atoms with Crippen LogP contribution in [0.1, 0.15) is 65.7 Å². The number of nitrogens with zero attached hydrogens (tertiary/aromatic N) is 1. The van der Waals surface area contributed by atoms with Crippen LogP contribution in [0.4, 0.5) is 13.2 Å². The van der Waals surface area contributed by atoms with E-state index in [4.69, 9.17) is 0 Å². The number of carbonyl (C=O) groups excluding carboxylic acids is 1. The van der Waals surface area contributed by atoms with E-state index < -0.39 is 24.4 Å². The van der Waals surface area contributed by atoms with Crippen LogP contribution in [0.15, 0.2) is 4.99 Å². The van der Waals surface area contributed by atoms with Crippen molar-refractivity contribution in [3.05, 3.63) is 0 Å². The fourth-order valence-corrected chi connectivity index (χ4v) is 4.69. The van der Waals surface area contributed by atoms with Gasteiger partial charge in [-0.05, 0) is 64.2 Å². The van der Waals surface area contributed by atoms with Crippen LogP contribution >= 0.6 is 0 Å². The molecule has 1 aliphatic heterocycles. The van der Waals surface area contributed by atoms with Gasteiger partial charge in [0, 0.05) is 24.4 Å². The van der Waals surface area contributed by atoms with Crippen molar-refractivity contribution in [3.63, 3.8) is 0 Å². The number of rotatable bonds is 4. The number of carbonyl (C=O) groups is 1. The molecule has 9 heteroatoms. The zero-order chi connectivity index (χ0) is 21.8. The molecule has 0 aromatic carbocycles. The number of nitrogens with one attached hydrogen (secondary N) is 4. The minimum Gasteiger partial charge on any atom is -0.354 e. The molecule has 2 saturated carbocycles. The van der Waals surface area contributed by atoms with Gasteiger partial charge in [0.25, 0.3) is 0 Å². The lowest BCUT2D eigenvalue weighted by Gasteiger charge is -2.32. The molecule has 0 aromatic rings. The maximum absolute atomic E-state index is 14.1. The number of alkyl halides is 3. The van der Waals surface area contributed by atoms with Gasteiger partial charge in [0.15, 0.2) is 5.96 Å². The summed E-state index contributed by atoms with van der Waals surface area (Å²) in [5.41, 5.74) is 6.38. The van der Waals surface area contributed by atoms with Crippen LogP contribution in [0.5, 0.6) is 0 Å². The molecule has 1 heterocycles. The van der Waals surface area contributed by atoms with Crippen LogP contribution in [0.3, 0.4) is 0 Å². The second-order valence-corrected chi connectivity index (χ2v) is 9.52. The Labute approximate surface area is 177 Å². The highest BCUT2D eigenvalue weighted by Gasteiger charge is 2.37. The lowest BCUT2D eigenvalue weighted by atomic mass is 9.77. The first kappa shape index (κ1) is 23.3. The zero-order valence-electron chi connectivity index (χ0n) is 18.1. The molecule has 4 N–H and O–H groups in total. The summed E-state index contributed by atoms with van der Waals surface area (Å²) in [7, 11) is 0. The van der Waals surface area contributed by atoms with Crippen molar-refractivity contribution >= 4 is 11.9 Å². The first-order valence-electron chi connectivity index (χ1n) is 11.3. The number of aliphatic imine (C=N–C) groups is 1. The Kier molecular flexibility index (Phi) is 8.01. The Balaban J connectivity index is 1.58. The fourth-order valence-electron chi connectivity index (χ4n) is 4.69. The van der Waals surface area contributed by atoms with E-state index in [9.17, 15) is 18.0 Å². The van der Waals surface area contributed by atoms with Gasteiger partial charge < -0.3 is 5.32 Å². The smallest absolute Gasteiger partial charge is 0.229 e. The summed E-state index contributed by atoms with van der Waals surface area (Å²) >= 11 is 0. The molecular weight excluding hydrogens is 395 g/mol. The summed E-state index contributed by atoms with van der Waals surface area (Å²) < 4.78 is 41.2. The Morgan fingerprint density at radius 1 is 0.967 bits per heavy atom. The quantitative estimate of drug-likeness (QED) is 0.408. The minimum absolute atomic E-state index is 0.0387. The molecule has 3 aliphatic rings. The van der Waals surface area contributed by atoms with Crippen molar-refractivity contribution in [2.45, 2.75) is 102 Å². The highest BCUT2D eigenvalue weighted by molar-refractivity contribution is 5.98. The van der Waals surface area contributed by atoms with Crippen molar-refractivity contribution in [3.8, 4) is 0 Å². The Bertz CT molecular complexity index is 619. The van der Waals surface area contributed by atoms with Gasteiger partial charge >= 0.3 is 0 Å². The van der Waals surface area contributed by atoms with Gasteiger partial charge in [-0.2, -0.15) is 0 Å². The van der Waals surface area contributed by atoms with Crippen LogP contribution in [-0.2, 0) is 4.79 Å². The van der Waals surface area contributed by atoms with Gasteiger partial charge in [-0.1, -0.05) is 6.92 Å². The number of amides is 1. The Hall–Kier alpha value is -1.35. The van der Waals surface area contributed by atoms with E-state index in [0.29, 0.717) is 25.2 Å². The molecule has 0 radical (unpaired) electrons.